The van der Waals surface area contributed by atoms with Crippen molar-refractivity contribution in [2.75, 3.05) is 11.1 Å². The molecule has 0 saturated carbocycles. The fourth-order valence-corrected chi connectivity index (χ4v) is 5.37. The molecular weight excluding hydrogens is 417 g/mol. The number of thioether (sulfide) groups is 1. The van der Waals surface area contributed by atoms with Crippen LogP contribution < -0.4 is 10.6 Å². The minimum atomic E-state index is -0.300. The number of amides is 2. The highest BCUT2D eigenvalue weighted by Gasteiger charge is 2.23. The van der Waals surface area contributed by atoms with E-state index in [1.807, 2.05) is 11.4 Å². The van der Waals surface area contributed by atoms with Crippen LogP contribution in [0, 0.1) is 5.82 Å². The summed E-state index contributed by atoms with van der Waals surface area (Å²) in [5, 5.41) is 9.78. The first-order chi connectivity index (χ1) is 13.6. The van der Waals surface area contributed by atoms with E-state index in [1.165, 1.54) is 34.8 Å². The highest BCUT2D eigenvalue weighted by atomic mass is 32.2. The molecule has 3 aromatic rings. The number of thiazole rings is 1. The third-order valence-electron chi connectivity index (χ3n) is 4.21. The summed E-state index contributed by atoms with van der Waals surface area (Å²) in [6, 6.07) is 8.05. The summed E-state index contributed by atoms with van der Waals surface area (Å²) >= 11 is 4.31. The predicted octanol–water partition coefficient (Wildman–Crippen LogP) is 4.49. The summed E-state index contributed by atoms with van der Waals surface area (Å²) in [5.74, 6) is 0.192. The molecule has 0 bridgehead atoms. The van der Waals surface area contributed by atoms with Crippen molar-refractivity contribution in [1.29, 1.82) is 0 Å². The van der Waals surface area contributed by atoms with Gasteiger partial charge in [-0.3, -0.25) is 14.9 Å². The molecule has 5 nitrogen and oxygen atoms in total. The number of thiophene rings is 1. The monoisotopic (exact) mass is 433 g/mol. The number of aromatic nitrogens is 1. The van der Waals surface area contributed by atoms with Gasteiger partial charge in [0.15, 0.2) is 5.13 Å². The van der Waals surface area contributed by atoms with Crippen molar-refractivity contribution in [2.24, 2.45) is 0 Å². The Morgan fingerprint density at radius 1 is 1.25 bits per heavy atom. The summed E-state index contributed by atoms with van der Waals surface area (Å²) < 4.78 is 13.6. The predicted molar refractivity (Wildman–Crippen MR) is 111 cm³/mol. The van der Waals surface area contributed by atoms with Gasteiger partial charge in [0, 0.05) is 16.0 Å². The Morgan fingerprint density at radius 3 is 2.96 bits per heavy atom. The molecule has 0 radical (unpaired) electrons. The maximum absolute atomic E-state index is 13.6. The normalized spacial score (nSPS) is 15.7. The molecule has 0 spiro atoms. The van der Waals surface area contributed by atoms with Crippen molar-refractivity contribution in [3.63, 3.8) is 0 Å². The highest BCUT2D eigenvalue weighted by molar-refractivity contribution is 7.99. The third-order valence-corrected chi connectivity index (χ3v) is 7.00. The Bertz CT molecular complexity index is 1000. The van der Waals surface area contributed by atoms with E-state index in [0.717, 1.165) is 22.6 Å². The lowest BCUT2D eigenvalue weighted by Gasteiger charge is -2.25. The number of fused-ring (bicyclic) bond motifs is 1. The highest BCUT2D eigenvalue weighted by Crippen LogP contribution is 2.36. The van der Waals surface area contributed by atoms with Gasteiger partial charge in [0.05, 0.1) is 23.0 Å². The summed E-state index contributed by atoms with van der Waals surface area (Å²) in [4.78, 5) is 30.5. The summed E-state index contributed by atoms with van der Waals surface area (Å²) in [6.07, 6.45) is 0.867. The molecule has 0 fully saturated rings. The van der Waals surface area contributed by atoms with Crippen molar-refractivity contribution in [2.45, 2.75) is 23.8 Å². The van der Waals surface area contributed by atoms with Crippen molar-refractivity contribution in [3.8, 4) is 0 Å². The van der Waals surface area contributed by atoms with Gasteiger partial charge in [-0.15, -0.1) is 34.4 Å². The van der Waals surface area contributed by atoms with Crippen LogP contribution >= 0.6 is 34.4 Å². The maximum atomic E-state index is 13.6. The van der Waals surface area contributed by atoms with E-state index in [1.54, 1.807) is 29.3 Å². The smallest absolute Gasteiger partial charge is 0.267 e. The van der Waals surface area contributed by atoms with Gasteiger partial charge in [0.2, 0.25) is 5.91 Å². The molecule has 1 aliphatic heterocycles. The van der Waals surface area contributed by atoms with Crippen LogP contribution in [0.25, 0.3) is 0 Å². The van der Waals surface area contributed by atoms with Crippen LogP contribution in [0.2, 0.25) is 0 Å². The number of hydrogen-bond acceptors (Lipinski definition) is 6. The van der Waals surface area contributed by atoms with Crippen LogP contribution in [0.4, 0.5) is 9.52 Å². The van der Waals surface area contributed by atoms with Gasteiger partial charge in [-0.2, -0.15) is 0 Å². The minimum absolute atomic E-state index is 0.111. The molecule has 2 aromatic heterocycles. The first kappa shape index (κ1) is 19.1. The van der Waals surface area contributed by atoms with E-state index in [2.05, 4.69) is 15.6 Å². The summed E-state index contributed by atoms with van der Waals surface area (Å²) in [6.45, 7) is 0. The van der Waals surface area contributed by atoms with Crippen LogP contribution in [-0.4, -0.2) is 22.6 Å². The van der Waals surface area contributed by atoms with E-state index in [4.69, 9.17) is 0 Å². The average Bonchev–Trinajstić information content (AvgIpc) is 3.34. The number of nitrogens with one attached hydrogen (secondary N) is 2. The van der Waals surface area contributed by atoms with Gasteiger partial charge in [-0.1, -0.05) is 6.07 Å². The SMILES string of the molecule is O=C(Cc1csc(NC(=O)c2cccs2)n1)NC1CCSc2ccc(F)cc21. The molecule has 1 aromatic carbocycles. The number of carbonyl (C=O) groups excluding carboxylic acids is 2. The second-order valence-electron chi connectivity index (χ2n) is 6.19. The number of benzene rings is 1. The maximum Gasteiger partial charge on any atom is 0.267 e. The van der Waals surface area contributed by atoms with E-state index >= 15 is 0 Å². The molecule has 1 unspecified atom stereocenters. The van der Waals surface area contributed by atoms with E-state index in [0.29, 0.717) is 15.7 Å². The van der Waals surface area contributed by atoms with Crippen molar-refractivity contribution in [1.82, 2.24) is 10.3 Å². The number of nitrogens with zero attached hydrogens (tertiary/aromatic N) is 1. The molecule has 1 aliphatic rings. The molecular formula is C19H16FN3O2S3. The van der Waals surface area contributed by atoms with Crippen LogP contribution in [0.5, 0.6) is 0 Å². The largest absolute Gasteiger partial charge is 0.349 e. The topological polar surface area (TPSA) is 71.1 Å². The second kappa shape index (κ2) is 8.42. The van der Waals surface area contributed by atoms with Crippen molar-refractivity contribution >= 4 is 51.4 Å². The van der Waals surface area contributed by atoms with Crippen molar-refractivity contribution in [3.05, 3.63) is 63.0 Å². The van der Waals surface area contributed by atoms with Crippen LogP contribution in [0.15, 0.2) is 46.0 Å². The molecule has 2 N–H and O–H groups in total. The lowest BCUT2D eigenvalue weighted by Crippen LogP contribution is -2.32. The summed E-state index contributed by atoms with van der Waals surface area (Å²) in [7, 11) is 0. The fraction of sp³-hybridized carbons (Fsp3) is 0.211. The number of rotatable bonds is 5. The van der Waals surface area contributed by atoms with Crippen LogP contribution in [-0.2, 0) is 11.2 Å². The van der Waals surface area contributed by atoms with Gasteiger partial charge in [-0.25, -0.2) is 9.37 Å². The molecule has 3 heterocycles. The molecule has 1 atom stereocenters. The zero-order valence-electron chi connectivity index (χ0n) is 14.6. The lowest BCUT2D eigenvalue weighted by molar-refractivity contribution is -0.121. The minimum Gasteiger partial charge on any atom is -0.349 e. The Balaban J connectivity index is 1.37. The van der Waals surface area contributed by atoms with Crippen LogP contribution in [0.3, 0.4) is 0 Å². The molecule has 144 valence electrons. The molecule has 0 saturated heterocycles. The molecule has 4 rings (SSSR count). The molecule has 28 heavy (non-hydrogen) atoms. The number of hydrogen-bond donors (Lipinski definition) is 2. The second-order valence-corrected chi connectivity index (χ2v) is 9.13. The standard InChI is InChI=1S/C19H16FN3O2S3/c20-11-3-4-15-13(8-11)14(5-7-27-15)22-17(24)9-12-10-28-19(21-12)23-18(25)16-2-1-6-26-16/h1-4,6,8,10,14H,5,7,9H2,(H,22,24)(H,21,23,25). The third kappa shape index (κ3) is 4.43. The Labute approximate surface area is 173 Å². The Morgan fingerprint density at radius 2 is 2.14 bits per heavy atom. The van der Waals surface area contributed by atoms with Gasteiger partial charge in [0.1, 0.15) is 5.82 Å². The van der Waals surface area contributed by atoms with Gasteiger partial charge in [0.25, 0.3) is 5.91 Å². The van der Waals surface area contributed by atoms with Gasteiger partial charge >= 0.3 is 0 Å². The molecule has 9 heteroatoms. The zero-order chi connectivity index (χ0) is 19.5. The quantitative estimate of drug-likeness (QED) is 0.622. The number of carbonyl (C=O) groups is 2. The number of halogens is 1. The van der Waals surface area contributed by atoms with Gasteiger partial charge in [-0.05, 0) is 41.6 Å². The average molecular weight is 434 g/mol. The molecule has 2 amide bonds. The Hall–Kier alpha value is -2.23. The molecule has 0 aliphatic carbocycles. The van der Waals surface area contributed by atoms with Crippen molar-refractivity contribution < 1.29 is 14.0 Å². The van der Waals surface area contributed by atoms with E-state index < -0.39 is 0 Å². The Kier molecular flexibility index (Phi) is 5.74. The van der Waals surface area contributed by atoms with Gasteiger partial charge < -0.3 is 5.32 Å². The first-order valence-electron chi connectivity index (χ1n) is 8.59. The number of anilines is 1. The zero-order valence-corrected chi connectivity index (χ0v) is 17.1. The van der Waals surface area contributed by atoms with Crippen LogP contribution in [0.1, 0.15) is 33.4 Å². The van der Waals surface area contributed by atoms with E-state index in [-0.39, 0.29) is 30.1 Å². The summed E-state index contributed by atoms with van der Waals surface area (Å²) in [5.41, 5.74) is 1.42. The first-order valence-corrected chi connectivity index (χ1v) is 11.3. The lowest BCUT2D eigenvalue weighted by atomic mass is 10.0. The van der Waals surface area contributed by atoms with E-state index in [9.17, 15) is 14.0 Å². The fourth-order valence-electron chi connectivity index (χ4n) is 2.94.